The number of pyridine rings is 1. The predicted octanol–water partition coefficient (Wildman–Crippen LogP) is 2.18. The molecule has 0 amide bonds. The quantitative estimate of drug-likeness (QED) is 0.785. The van der Waals surface area contributed by atoms with Crippen molar-refractivity contribution in [3.8, 4) is 5.75 Å². The maximum atomic E-state index is 13.0. The summed E-state index contributed by atoms with van der Waals surface area (Å²) >= 11 is 0. The van der Waals surface area contributed by atoms with E-state index < -0.39 is 10.0 Å². The highest BCUT2D eigenvalue weighted by Gasteiger charge is 2.45. The van der Waals surface area contributed by atoms with Gasteiger partial charge in [-0.15, -0.1) is 0 Å². The van der Waals surface area contributed by atoms with Crippen molar-refractivity contribution in [1.82, 2.24) is 14.6 Å². The average molecular weight is 422 g/mol. The molecule has 2 aliphatic heterocycles. The molecule has 4 fully saturated rings. The van der Waals surface area contributed by atoms with Crippen molar-refractivity contribution < 1.29 is 17.9 Å². The summed E-state index contributed by atoms with van der Waals surface area (Å²) < 4.78 is 39.4. The van der Waals surface area contributed by atoms with E-state index in [2.05, 4.69) is 10.3 Å². The van der Waals surface area contributed by atoms with Crippen molar-refractivity contribution in [2.45, 2.75) is 62.2 Å². The first-order valence-corrected chi connectivity index (χ1v) is 12.4. The van der Waals surface area contributed by atoms with Crippen molar-refractivity contribution in [2.24, 2.45) is 11.3 Å². The van der Waals surface area contributed by atoms with E-state index in [-0.39, 0.29) is 16.5 Å². The van der Waals surface area contributed by atoms with Crippen LogP contribution in [0, 0.1) is 11.3 Å². The topological polar surface area (TPSA) is 80.8 Å². The third-order valence-corrected chi connectivity index (χ3v) is 8.96. The molecule has 3 heterocycles. The predicted molar refractivity (Wildman–Crippen MR) is 108 cm³/mol. The smallest absolute Gasteiger partial charge is 0.260 e. The van der Waals surface area contributed by atoms with Gasteiger partial charge in [0.2, 0.25) is 0 Å². The normalized spacial score (nSPS) is 30.5. The van der Waals surface area contributed by atoms with Crippen LogP contribution in [0.1, 0.15) is 44.9 Å². The fourth-order valence-corrected chi connectivity index (χ4v) is 6.57. The molecule has 2 aliphatic carbocycles. The second-order valence-electron chi connectivity index (χ2n) is 9.17. The second-order valence-corrected chi connectivity index (χ2v) is 11.1. The summed E-state index contributed by atoms with van der Waals surface area (Å²) in [5, 5.41) is 3.56. The number of nitrogens with zero attached hydrogens (tertiary/aromatic N) is 2. The van der Waals surface area contributed by atoms with Gasteiger partial charge in [-0.3, -0.25) is 0 Å². The lowest BCUT2D eigenvalue weighted by molar-refractivity contribution is -0.0122. The summed E-state index contributed by atoms with van der Waals surface area (Å²) in [6.45, 7) is 3.87. The van der Waals surface area contributed by atoms with Crippen molar-refractivity contribution in [3.05, 3.63) is 18.3 Å². The molecule has 1 N–H and O–H groups in total. The lowest BCUT2D eigenvalue weighted by Crippen LogP contribution is -2.44. The van der Waals surface area contributed by atoms with Crippen LogP contribution in [0.4, 0.5) is 0 Å². The summed E-state index contributed by atoms with van der Waals surface area (Å²) in [7, 11) is -3.54. The number of aromatic nitrogens is 1. The van der Waals surface area contributed by atoms with Crippen LogP contribution in [-0.2, 0) is 14.8 Å². The zero-order valence-corrected chi connectivity index (χ0v) is 17.7. The van der Waals surface area contributed by atoms with Crippen LogP contribution in [0.5, 0.6) is 5.75 Å². The highest BCUT2D eigenvalue weighted by Crippen LogP contribution is 2.50. The van der Waals surface area contributed by atoms with E-state index in [0.717, 1.165) is 45.4 Å². The van der Waals surface area contributed by atoms with Gasteiger partial charge in [0.1, 0.15) is 5.75 Å². The van der Waals surface area contributed by atoms with Crippen LogP contribution in [0.25, 0.3) is 0 Å². The van der Waals surface area contributed by atoms with Gasteiger partial charge in [0.05, 0.1) is 25.0 Å². The van der Waals surface area contributed by atoms with Crippen LogP contribution >= 0.6 is 0 Å². The summed E-state index contributed by atoms with van der Waals surface area (Å²) in [5.74, 6) is 1.26. The molecular formula is C21H31N3O4S. The molecule has 2 unspecified atom stereocenters. The minimum absolute atomic E-state index is 0.127. The number of sulfonamides is 1. The van der Waals surface area contributed by atoms with Crippen LogP contribution in [-0.4, -0.2) is 62.7 Å². The molecule has 4 aliphatic rings. The molecule has 2 saturated carbocycles. The molecule has 5 rings (SSSR count). The van der Waals surface area contributed by atoms with E-state index in [0.29, 0.717) is 30.9 Å². The first-order chi connectivity index (χ1) is 14.0. The summed E-state index contributed by atoms with van der Waals surface area (Å²) in [5.41, 5.74) is 0.285. The van der Waals surface area contributed by atoms with Crippen molar-refractivity contribution in [3.63, 3.8) is 0 Å². The van der Waals surface area contributed by atoms with Gasteiger partial charge < -0.3 is 14.8 Å². The first-order valence-electron chi connectivity index (χ1n) is 11.0. The van der Waals surface area contributed by atoms with Crippen molar-refractivity contribution >= 4 is 10.0 Å². The Morgan fingerprint density at radius 2 is 2.00 bits per heavy atom. The van der Waals surface area contributed by atoms with Crippen LogP contribution in [0.2, 0.25) is 0 Å². The average Bonchev–Trinajstić information content (AvgIpc) is 3.48. The number of morpholine rings is 1. The van der Waals surface area contributed by atoms with Crippen LogP contribution < -0.4 is 10.1 Å². The Hall–Kier alpha value is -1.22. The Morgan fingerprint density at radius 1 is 1.17 bits per heavy atom. The van der Waals surface area contributed by atoms with Crippen molar-refractivity contribution in [1.29, 1.82) is 0 Å². The third-order valence-electron chi connectivity index (χ3n) is 7.15. The molecule has 2 atom stereocenters. The molecular weight excluding hydrogens is 390 g/mol. The Kier molecular flexibility index (Phi) is 5.30. The molecule has 160 valence electrons. The molecule has 0 aromatic carbocycles. The zero-order valence-electron chi connectivity index (χ0n) is 16.9. The number of rotatable bonds is 5. The number of hydrogen-bond donors (Lipinski definition) is 1. The number of piperidine rings is 1. The Bertz CT molecular complexity index is 811. The summed E-state index contributed by atoms with van der Waals surface area (Å²) in [6, 6.07) is 3.31. The van der Waals surface area contributed by atoms with Gasteiger partial charge in [0.25, 0.3) is 10.0 Å². The van der Waals surface area contributed by atoms with Crippen LogP contribution in [0.3, 0.4) is 0 Å². The molecule has 1 aromatic rings. The molecule has 29 heavy (non-hydrogen) atoms. The van der Waals surface area contributed by atoms with E-state index in [9.17, 15) is 8.42 Å². The Balaban J connectivity index is 1.19. The Labute approximate surface area is 173 Å². The van der Waals surface area contributed by atoms with E-state index in [1.165, 1.54) is 25.5 Å². The molecule has 8 heteroatoms. The molecule has 0 bridgehead atoms. The van der Waals surface area contributed by atoms with E-state index in [1.54, 1.807) is 16.4 Å². The SMILES string of the molecule is O=S(=O)(c1ccc(OC2CC2)cn1)N1CCC2(CCC(C3CNCCO3)C2)CC1. The number of nitrogens with one attached hydrogen (secondary N) is 1. The number of ether oxygens (including phenoxy) is 2. The van der Waals surface area contributed by atoms with Crippen LogP contribution in [0.15, 0.2) is 23.4 Å². The molecule has 0 radical (unpaired) electrons. The van der Waals surface area contributed by atoms with Gasteiger partial charge in [-0.1, -0.05) is 0 Å². The fourth-order valence-electron chi connectivity index (χ4n) is 5.21. The van der Waals surface area contributed by atoms with Gasteiger partial charge in [-0.25, -0.2) is 13.4 Å². The number of hydrogen-bond acceptors (Lipinski definition) is 6. The zero-order chi connectivity index (χ0) is 19.9. The second kappa shape index (κ2) is 7.80. The molecule has 1 aromatic heterocycles. The van der Waals surface area contributed by atoms with Crippen molar-refractivity contribution in [2.75, 3.05) is 32.8 Å². The minimum atomic E-state index is -3.54. The van der Waals surface area contributed by atoms with Gasteiger partial charge in [-0.2, -0.15) is 4.31 Å². The maximum absolute atomic E-state index is 13.0. The molecule has 7 nitrogen and oxygen atoms in total. The highest BCUT2D eigenvalue weighted by molar-refractivity contribution is 7.89. The molecule has 1 spiro atoms. The highest BCUT2D eigenvalue weighted by atomic mass is 32.2. The largest absolute Gasteiger partial charge is 0.489 e. The van der Waals surface area contributed by atoms with E-state index in [1.807, 2.05) is 0 Å². The molecule has 2 saturated heterocycles. The van der Waals surface area contributed by atoms with Gasteiger partial charge in [0.15, 0.2) is 5.03 Å². The standard InChI is InChI=1S/C21H31N3O4S/c25-29(26,20-4-3-18(14-23-20)28-17-1-2-17)24-10-7-21(8-11-24)6-5-16(13-21)19-15-22-9-12-27-19/h3-4,14,16-17,19,22H,1-2,5-13,15H2. The lowest BCUT2D eigenvalue weighted by Gasteiger charge is -2.39. The van der Waals surface area contributed by atoms with Gasteiger partial charge in [0, 0.05) is 26.2 Å². The lowest BCUT2D eigenvalue weighted by atomic mass is 9.76. The Morgan fingerprint density at radius 3 is 2.66 bits per heavy atom. The van der Waals surface area contributed by atoms with Gasteiger partial charge >= 0.3 is 0 Å². The monoisotopic (exact) mass is 421 g/mol. The van der Waals surface area contributed by atoms with Gasteiger partial charge in [-0.05, 0) is 68.4 Å². The fraction of sp³-hybridized carbons (Fsp3) is 0.762. The first kappa shape index (κ1) is 19.7. The maximum Gasteiger partial charge on any atom is 0.260 e. The summed E-state index contributed by atoms with van der Waals surface area (Å²) in [6.07, 6.45) is 9.71. The van der Waals surface area contributed by atoms with E-state index in [4.69, 9.17) is 9.47 Å². The minimum Gasteiger partial charge on any atom is -0.489 e. The third kappa shape index (κ3) is 4.17. The summed E-state index contributed by atoms with van der Waals surface area (Å²) in [4.78, 5) is 4.19. The van der Waals surface area contributed by atoms with E-state index >= 15 is 0 Å².